The van der Waals surface area contributed by atoms with Gasteiger partial charge in [0.25, 0.3) is 15.7 Å². The minimum Gasteiger partial charge on any atom is -0.291 e. The van der Waals surface area contributed by atoms with Crippen LogP contribution in [-0.2, 0) is 14.8 Å². The molecule has 0 aromatic heterocycles. The number of hydrogen-bond donors (Lipinski definition) is 0. The standard InChI is InChI=1S/C13H8Cl4N2O5S/c1-13(17)11(16)10(8(14)9(15)12(13)20)18-25(23,24)7-4-2-3-6(5-7)19(21)22/h2-5,11H,1H3/t11-,13+/m1/s1. The number of sulfonamides is 1. The predicted molar refractivity (Wildman–Crippen MR) is 95.4 cm³/mol. The van der Waals surface area contributed by atoms with Crippen LogP contribution in [0.1, 0.15) is 6.92 Å². The lowest BCUT2D eigenvalue weighted by Crippen LogP contribution is -2.47. The number of nitro benzene ring substituents is 1. The molecule has 0 amide bonds. The largest absolute Gasteiger partial charge is 0.291 e. The molecule has 7 nitrogen and oxygen atoms in total. The number of carbonyl (C=O) groups is 1. The highest BCUT2D eigenvalue weighted by Crippen LogP contribution is 2.40. The van der Waals surface area contributed by atoms with Crippen LogP contribution in [0.25, 0.3) is 0 Å². The van der Waals surface area contributed by atoms with Gasteiger partial charge in [0.1, 0.15) is 15.3 Å². The minimum absolute atomic E-state index is 0.420. The van der Waals surface area contributed by atoms with Crippen LogP contribution in [0.3, 0.4) is 0 Å². The molecular weight excluding hydrogens is 438 g/mol. The Hall–Kier alpha value is -1.19. The summed E-state index contributed by atoms with van der Waals surface area (Å²) in [6, 6.07) is 4.25. The molecule has 2 rings (SSSR count). The Bertz CT molecular complexity index is 939. The number of allylic oxidation sites excluding steroid dienone is 2. The lowest BCUT2D eigenvalue weighted by Gasteiger charge is -2.31. The van der Waals surface area contributed by atoms with E-state index in [9.17, 15) is 23.3 Å². The molecule has 1 aromatic rings. The van der Waals surface area contributed by atoms with Crippen LogP contribution in [0.2, 0.25) is 0 Å². The van der Waals surface area contributed by atoms with Gasteiger partial charge in [-0.3, -0.25) is 14.9 Å². The first-order chi connectivity index (χ1) is 11.4. The van der Waals surface area contributed by atoms with Crippen molar-refractivity contribution in [2.45, 2.75) is 22.1 Å². The highest BCUT2D eigenvalue weighted by atomic mass is 35.5. The lowest BCUT2D eigenvalue weighted by molar-refractivity contribution is -0.385. The van der Waals surface area contributed by atoms with Gasteiger partial charge in [-0.05, 0) is 13.0 Å². The zero-order valence-electron chi connectivity index (χ0n) is 12.2. The third-order valence-corrected chi connectivity index (χ3v) is 6.59. The van der Waals surface area contributed by atoms with Crippen molar-refractivity contribution < 1.29 is 18.1 Å². The predicted octanol–water partition coefficient (Wildman–Crippen LogP) is 3.60. The van der Waals surface area contributed by atoms with Crippen molar-refractivity contribution in [3.8, 4) is 0 Å². The van der Waals surface area contributed by atoms with Crippen LogP contribution in [0.5, 0.6) is 0 Å². The summed E-state index contributed by atoms with van der Waals surface area (Å²) in [5.41, 5.74) is -0.860. The number of benzene rings is 1. The van der Waals surface area contributed by atoms with Crippen LogP contribution in [0, 0.1) is 10.1 Å². The maximum Gasteiger partial charge on any atom is 0.282 e. The number of non-ortho nitro benzene ring substituents is 1. The van der Waals surface area contributed by atoms with E-state index in [1.54, 1.807) is 0 Å². The summed E-state index contributed by atoms with van der Waals surface area (Å²) in [5.74, 6) is -0.771. The van der Waals surface area contributed by atoms with Crippen LogP contribution in [0.4, 0.5) is 5.69 Å². The number of nitro groups is 1. The topological polar surface area (TPSA) is 107 Å². The second-order valence-corrected chi connectivity index (χ2v) is 8.68. The van der Waals surface area contributed by atoms with E-state index in [0.29, 0.717) is 0 Å². The fourth-order valence-electron chi connectivity index (χ4n) is 1.94. The van der Waals surface area contributed by atoms with E-state index in [4.69, 9.17) is 46.4 Å². The van der Waals surface area contributed by atoms with Crippen molar-refractivity contribution in [3.63, 3.8) is 0 Å². The van der Waals surface area contributed by atoms with Gasteiger partial charge in [-0.1, -0.05) is 29.3 Å². The van der Waals surface area contributed by atoms with Gasteiger partial charge in [-0.25, -0.2) is 0 Å². The Morgan fingerprint density at radius 2 is 1.88 bits per heavy atom. The first-order valence-electron chi connectivity index (χ1n) is 6.42. The molecule has 0 fully saturated rings. The molecule has 0 aliphatic heterocycles. The van der Waals surface area contributed by atoms with Gasteiger partial charge in [-0.15, -0.1) is 23.2 Å². The Morgan fingerprint density at radius 3 is 2.44 bits per heavy atom. The van der Waals surface area contributed by atoms with Crippen LogP contribution in [0.15, 0.2) is 43.6 Å². The Labute approximate surface area is 162 Å². The van der Waals surface area contributed by atoms with Crippen LogP contribution in [-0.4, -0.2) is 35.1 Å². The zero-order valence-corrected chi connectivity index (χ0v) is 16.1. The third kappa shape index (κ3) is 3.68. The molecule has 0 saturated heterocycles. The molecule has 12 heteroatoms. The smallest absolute Gasteiger partial charge is 0.282 e. The summed E-state index contributed by atoms with van der Waals surface area (Å²) in [4.78, 5) is 19.8. The van der Waals surface area contributed by atoms with Gasteiger partial charge in [0.15, 0.2) is 5.78 Å². The summed E-state index contributed by atoms with van der Waals surface area (Å²) in [6.07, 6.45) is 0. The number of nitrogens with zero attached hydrogens (tertiary/aromatic N) is 2. The fourth-order valence-corrected chi connectivity index (χ4v) is 4.21. The van der Waals surface area contributed by atoms with E-state index in [1.165, 1.54) is 13.0 Å². The van der Waals surface area contributed by atoms with E-state index >= 15 is 0 Å². The Balaban J connectivity index is 2.63. The number of hydrogen-bond acceptors (Lipinski definition) is 5. The monoisotopic (exact) mass is 444 g/mol. The minimum atomic E-state index is -4.42. The molecule has 1 aromatic carbocycles. The van der Waals surface area contributed by atoms with Gasteiger partial charge < -0.3 is 0 Å². The molecule has 25 heavy (non-hydrogen) atoms. The molecule has 0 heterocycles. The van der Waals surface area contributed by atoms with E-state index in [0.717, 1.165) is 18.2 Å². The molecule has 0 N–H and O–H groups in total. The zero-order chi connectivity index (χ0) is 19.2. The second-order valence-electron chi connectivity index (χ2n) is 5.10. The van der Waals surface area contributed by atoms with Gasteiger partial charge in [0.05, 0.1) is 20.6 Å². The van der Waals surface area contributed by atoms with Crippen LogP contribution < -0.4 is 0 Å². The summed E-state index contributed by atoms with van der Waals surface area (Å²) in [7, 11) is -4.42. The molecule has 0 spiro atoms. The maximum atomic E-state index is 12.4. The third-order valence-electron chi connectivity index (χ3n) is 3.32. The summed E-state index contributed by atoms with van der Waals surface area (Å²) in [5, 5.41) is 8.47. The molecule has 2 atom stereocenters. The average molecular weight is 446 g/mol. The summed E-state index contributed by atoms with van der Waals surface area (Å²) in [6.45, 7) is 1.25. The Kier molecular flexibility index (Phi) is 5.51. The first kappa shape index (κ1) is 20.1. The van der Waals surface area contributed by atoms with Gasteiger partial charge in [0.2, 0.25) is 0 Å². The fraction of sp³-hybridized carbons (Fsp3) is 0.231. The molecule has 134 valence electrons. The molecule has 1 aliphatic carbocycles. The van der Waals surface area contributed by atoms with Gasteiger partial charge >= 0.3 is 0 Å². The number of halogens is 4. The normalized spacial score (nSPS) is 26.2. The van der Waals surface area contributed by atoms with Crippen LogP contribution >= 0.6 is 46.4 Å². The highest BCUT2D eigenvalue weighted by Gasteiger charge is 2.49. The number of rotatable bonds is 3. The van der Waals surface area contributed by atoms with E-state index in [2.05, 4.69) is 4.40 Å². The van der Waals surface area contributed by atoms with Crippen molar-refractivity contribution in [1.29, 1.82) is 0 Å². The van der Waals surface area contributed by atoms with Crippen molar-refractivity contribution in [2.75, 3.05) is 0 Å². The summed E-state index contributed by atoms with van der Waals surface area (Å²) < 4.78 is 28.4. The molecule has 0 bridgehead atoms. The second kappa shape index (κ2) is 6.85. The molecule has 0 unspecified atom stereocenters. The summed E-state index contributed by atoms with van der Waals surface area (Å²) >= 11 is 23.8. The van der Waals surface area contributed by atoms with Crippen molar-refractivity contribution in [2.24, 2.45) is 4.40 Å². The van der Waals surface area contributed by atoms with Crippen molar-refractivity contribution in [1.82, 2.24) is 0 Å². The molecule has 1 aliphatic rings. The van der Waals surface area contributed by atoms with Crippen molar-refractivity contribution >= 4 is 73.6 Å². The highest BCUT2D eigenvalue weighted by molar-refractivity contribution is 7.90. The van der Waals surface area contributed by atoms with E-state index < -0.39 is 57.3 Å². The van der Waals surface area contributed by atoms with E-state index in [-0.39, 0.29) is 0 Å². The van der Waals surface area contributed by atoms with E-state index in [1.807, 2.05) is 0 Å². The maximum absolute atomic E-state index is 12.4. The first-order valence-corrected chi connectivity index (χ1v) is 9.43. The van der Waals surface area contributed by atoms with Gasteiger partial charge in [-0.2, -0.15) is 12.8 Å². The number of Topliss-reactive ketones (excluding diaryl/α,β-unsaturated/α-hetero) is 1. The average Bonchev–Trinajstić information content (AvgIpc) is 2.56. The number of alkyl halides is 2. The van der Waals surface area contributed by atoms with Gasteiger partial charge in [0, 0.05) is 12.1 Å². The molecule has 0 saturated carbocycles. The number of carbonyl (C=O) groups excluding carboxylic acids is 1. The quantitative estimate of drug-likeness (QED) is 0.401. The molecular formula is C13H8Cl4N2O5S. The number of ketones is 1. The van der Waals surface area contributed by atoms with Crippen molar-refractivity contribution in [3.05, 3.63) is 44.4 Å². The molecule has 0 radical (unpaired) electrons. The Morgan fingerprint density at radius 1 is 1.28 bits per heavy atom. The lowest BCUT2D eigenvalue weighted by atomic mass is 9.91. The SMILES string of the molecule is C[C@@]1(Cl)C(=O)C(Cl)=C(Cl)C(=NS(=O)(=O)c2cccc([N+](=O)[O-])c2)[C@H]1Cl.